The van der Waals surface area contributed by atoms with Crippen LogP contribution in [0.25, 0.3) is 0 Å². The van der Waals surface area contributed by atoms with E-state index in [2.05, 4.69) is 25.8 Å². The van der Waals surface area contributed by atoms with Crippen molar-refractivity contribution in [1.29, 1.82) is 0 Å². The van der Waals surface area contributed by atoms with Crippen LogP contribution in [-0.2, 0) is 11.8 Å². The fourth-order valence-corrected chi connectivity index (χ4v) is 1.56. The predicted octanol–water partition coefficient (Wildman–Crippen LogP) is 0.877. The minimum absolute atomic E-state index is 0.0249. The summed E-state index contributed by atoms with van der Waals surface area (Å²) in [7, 11) is 2.55. The standard InChI is InChI=1S/C6H6BrN3O4/c1-9-5(10(12)13)3(7)4(8-9)6(11)14-2/h1-2H3. The highest BCUT2D eigenvalue weighted by Gasteiger charge is 2.28. The number of esters is 1. The van der Waals surface area contributed by atoms with Crippen LogP contribution >= 0.6 is 15.9 Å². The van der Waals surface area contributed by atoms with Crippen LogP contribution in [0.5, 0.6) is 0 Å². The fourth-order valence-electron chi connectivity index (χ4n) is 0.915. The Balaban J connectivity index is 3.30. The van der Waals surface area contributed by atoms with E-state index in [0.29, 0.717) is 0 Å². The van der Waals surface area contributed by atoms with E-state index >= 15 is 0 Å². The van der Waals surface area contributed by atoms with E-state index in [-0.39, 0.29) is 16.0 Å². The number of hydrogen-bond donors (Lipinski definition) is 0. The van der Waals surface area contributed by atoms with Crippen LogP contribution in [-0.4, -0.2) is 27.8 Å². The lowest BCUT2D eigenvalue weighted by Crippen LogP contribution is -2.03. The molecular weight excluding hydrogens is 258 g/mol. The molecule has 0 aliphatic carbocycles. The monoisotopic (exact) mass is 263 g/mol. The summed E-state index contributed by atoms with van der Waals surface area (Å²) < 4.78 is 5.42. The normalized spacial score (nSPS) is 9.93. The van der Waals surface area contributed by atoms with Crippen molar-refractivity contribution in [3.63, 3.8) is 0 Å². The van der Waals surface area contributed by atoms with Crippen LogP contribution in [0, 0.1) is 10.1 Å². The molecule has 0 fully saturated rings. The zero-order chi connectivity index (χ0) is 10.9. The second kappa shape index (κ2) is 3.74. The Morgan fingerprint density at radius 2 is 2.29 bits per heavy atom. The van der Waals surface area contributed by atoms with Gasteiger partial charge in [-0.05, 0) is 20.9 Å². The lowest BCUT2D eigenvalue weighted by Gasteiger charge is -1.92. The maximum atomic E-state index is 11.1. The highest BCUT2D eigenvalue weighted by molar-refractivity contribution is 9.10. The van der Waals surface area contributed by atoms with Gasteiger partial charge in [0.1, 0.15) is 11.5 Å². The molecule has 0 spiro atoms. The summed E-state index contributed by atoms with van der Waals surface area (Å²) in [6.07, 6.45) is 0. The summed E-state index contributed by atoms with van der Waals surface area (Å²) in [6.45, 7) is 0. The molecule has 0 atom stereocenters. The minimum Gasteiger partial charge on any atom is -0.464 e. The molecule has 0 N–H and O–H groups in total. The van der Waals surface area contributed by atoms with Crippen molar-refractivity contribution in [3.05, 3.63) is 20.3 Å². The third-order valence-electron chi connectivity index (χ3n) is 1.51. The van der Waals surface area contributed by atoms with E-state index in [1.54, 1.807) is 0 Å². The Labute approximate surface area is 86.9 Å². The van der Waals surface area contributed by atoms with Crippen LogP contribution in [0.15, 0.2) is 4.47 Å². The molecule has 1 aromatic heterocycles. The third-order valence-corrected chi connectivity index (χ3v) is 2.24. The first-order valence-electron chi connectivity index (χ1n) is 3.44. The van der Waals surface area contributed by atoms with Crippen LogP contribution in [0.1, 0.15) is 10.5 Å². The van der Waals surface area contributed by atoms with Gasteiger partial charge < -0.3 is 14.9 Å². The van der Waals surface area contributed by atoms with Crippen molar-refractivity contribution < 1.29 is 14.5 Å². The Bertz CT molecular complexity index is 400. The van der Waals surface area contributed by atoms with Gasteiger partial charge in [-0.2, -0.15) is 0 Å². The van der Waals surface area contributed by atoms with Crippen LogP contribution < -0.4 is 0 Å². The molecule has 1 rings (SSSR count). The molecule has 0 saturated heterocycles. The van der Waals surface area contributed by atoms with Gasteiger partial charge >= 0.3 is 11.8 Å². The van der Waals surface area contributed by atoms with Gasteiger partial charge in [0.05, 0.1) is 7.11 Å². The number of hydrogen-bond acceptors (Lipinski definition) is 5. The molecule has 8 heteroatoms. The number of carbonyl (C=O) groups excluding carboxylic acids is 1. The molecule has 0 aromatic carbocycles. The largest absolute Gasteiger partial charge is 0.464 e. The molecule has 7 nitrogen and oxygen atoms in total. The first-order chi connectivity index (χ1) is 6.49. The van der Waals surface area contributed by atoms with Gasteiger partial charge in [0.15, 0.2) is 0 Å². The summed E-state index contributed by atoms with van der Waals surface area (Å²) in [6, 6.07) is 0. The maximum Gasteiger partial charge on any atom is 0.362 e. The minimum atomic E-state index is -0.722. The van der Waals surface area contributed by atoms with E-state index < -0.39 is 10.9 Å². The summed E-state index contributed by atoms with van der Waals surface area (Å²) in [5.41, 5.74) is -0.110. The van der Waals surface area contributed by atoms with Gasteiger partial charge in [0.2, 0.25) is 5.69 Å². The van der Waals surface area contributed by atoms with Crippen LogP contribution in [0.3, 0.4) is 0 Å². The van der Waals surface area contributed by atoms with Gasteiger partial charge in [-0.25, -0.2) is 4.79 Å². The summed E-state index contributed by atoms with van der Waals surface area (Å²) >= 11 is 2.92. The van der Waals surface area contributed by atoms with Gasteiger partial charge in [0.25, 0.3) is 0 Å². The van der Waals surface area contributed by atoms with Crippen LogP contribution in [0.2, 0.25) is 0 Å². The number of halogens is 1. The van der Waals surface area contributed by atoms with Crippen molar-refractivity contribution >= 4 is 27.7 Å². The van der Waals surface area contributed by atoms with E-state index in [4.69, 9.17) is 0 Å². The second-order valence-electron chi connectivity index (χ2n) is 2.36. The maximum absolute atomic E-state index is 11.1. The quantitative estimate of drug-likeness (QED) is 0.449. The molecule has 0 aliphatic rings. The molecule has 1 heterocycles. The number of methoxy groups -OCH3 is 1. The van der Waals surface area contributed by atoms with E-state index in [0.717, 1.165) is 4.68 Å². The van der Waals surface area contributed by atoms with Gasteiger partial charge in [-0.1, -0.05) is 5.10 Å². The molecule has 0 saturated carbocycles. The lowest BCUT2D eigenvalue weighted by molar-refractivity contribution is -0.393. The smallest absolute Gasteiger partial charge is 0.362 e. The fraction of sp³-hybridized carbons (Fsp3) is 0.333. The molecule has 0 unspecified atom stereocenters. The highest BCUT2D eigenvalue weighted by Crippen LogP contribution is 2.27. The number of aryl methyl sites for hydroxylation is 1. The SMILES string of the molecule is COC(=O)c1nn(C)c([N+](=O)[O-])c1Br. The Morgan fingerprint density at radius 3 is 2.64 bits per heavy atom. The second-order valence-corrected chi connectivity index (χ2v) is 3.15. The average molecular weight is 264 g/mol. The Hall–Kier alpha value is -1.44. The zero-order valence-electron chi connectivity index (χ0n) is 7.35. The Kier molecular flexibility index (Phi) is 2.84. The van der Waals surface area contributed by atoms with Crippen molar-refractivity contribution in [2.24, 2.45) is 7.05 Å². The van der Waals surface area contributed by atoms with Crippen molar-refractivity contribution in [2.75, 3.05) is 7.11 Å². The van der Waals surface area contributed by atoms with Gasteiger partial charge in [-0.15, -0.1) is 4.68 Å². The van der Waals surface area contributed by atoms with E-state index in [1.165, 1.54) is 14.2 Å². The summed E-state index contributed by atoms with van der Waals surface area (Å²) in [4.78, 5) is 21.0. The first-order valence-corrected chi connectivity index (χ1v) is 4.23. The zero-order valence-corrected chi connectivity index (χ0v) is 8.94. The first kappa shape index (κ1) is 10.6. The van der Waals surface area contributed by atoms with Crippen molar-refractivity contribution in [2.45, 2.75) is 0 Å². The number of nitrogens with zero attached hydrogens (tertiary/aromatic N) is 3. The van der Waals surface area contributed by atoms with Crippen molar-refractivity contribution in [3.8, 4) is 0 Å². The molecular formula is C6H6BrN3O4. The molecule has 1 aromatic rings. The number of aromatic nitrogens is 2. The third kappa shape index (κ3) is 1.60. The molecule has 0 amide bonds. The highest BCUT2D eigenvalue weighted by atomic mass is 79.9. The van der Waals surface area contributed by atoms with Gasteiger partial charge in [0, 0.05) is 0 Å². The average Bonchev–Trinajstić information content (AvgIpc) is 2.40. The number of carbonyl (C=O) groups is 1. The van der Waals surface area contributed by atoms with E-state index in [1.807, 2.05) is 0 Å². The van der Waals surface area contributed by atoms with E-state index in [9.17, 15) is 14.9 Å². The van der Waals surface area contributed by atoms with Crippen LogP contribution in [0.4, 0.5) is 5.82 Å². The molecule has 0 radical (unpaired) electrons. The van der Waals surface area contributed by atoms with Gasteiger partial charge in [-0.3, -0.25) is 0 Å². The molecule has 14 heavy (non-hydrogen) atoms. The number of nitro groups is 1. The number of rotatable bonds is 2. The summed E-state index contributed by atoms with van der Waals surface area (Å²) in [5, 5.41) is 14.2. The molecule has 76 valence electrons. The molecule has 0 bridgehead atoms. The number of ether oxygens (including phenoxy) is 1. The lowest BCUT2D eigenvalue weighted by atomic mass is 10.4. The predicted molar refractivity (Wildman–Crippen MR) is 48.9 cm³/mol. The molecule has 0 aliphatic heterocycles. The van der Waals surface area contributed by atoms with Crippen molar-refractivity contribution in [1.82, 2.24) is 9.78 Å². The topological polar surface area (TPSA) is 87.3 Å². The Morgan fingerprint density at radius 1 is 1.71 bits per heavy atom. The summed E-state index contributed by atoms with van der Waals surface area (Å²) in [5.74, 6) is -1.01.